The zero-order valence-electron chi connectivity index (χ0n) is 11.8. The normalized spacial score (nSPS) is 12.3. The Bertz CT molecular complexity index is 609. The summed E-state index contributed by atoms with van der Waals surface area (Å²) in [6, 6.07) is 3.57. The molecule has 112 valence electrons. The van der Waals surface area contributed by atoms with Crippen molar-refractivity contribution >= 4 is 21.7 Å². The fourth-order valence-corrected chi connectivity index (χ4v) is 2.77. The van der Waals surface area contributed by atoms with Gasteiger partial charge in [-0.15, -0.1) is 0 Å². The monoisotopic (exact) mass is 300 g/mol. The summed E-state index contributed by atoms with van der Waals surface area (Å²) in [5, 5.41) is 8.82. The molecule has 4 N–H and O–H groups in total. The molecule has 0 radical (unpaired) electrons. The molecule has 20 heavy (non-hydrogen) atoms. The van der Waals surface area contributed by atoms with Crippen LogP contribution in [0.25, 0.3) is 0 Å². The van der Waals surface area contributed by atoms with Crippen LogP contribution in [0.1, 0.15) is 37.6 Å². The number of carboxylic acid groups (broad SMARTS) is 1. The number of rotatable bonds is 6. The van der Waals surface area contributed by atoms with E-state index >= 15 is 0 Å². The molecule has 0 saturated heterocycles. The van der Waals surface area contributed by atoms with E-state index < -0.39 is 16.0 Å². The van der Waals surface area contributed by atoms with Crippen molar-refractivity contribution in [3.63, 3.8) is 0 Å². The highest BCUT2D eigenvalue weighted by Gasteiger charge is 2.23. The van der Waals surface area contributed by atoms with Crippen molar-refractivity contribution in [3.05, 3.63) is 23.8 Å². The van der Waals surface area contributed by atoms with E-state index in [4.69, 9.17) is 10.8 Å². The second-order valence-electron chi connectivity index (χ2n) is 5.40. The Morgan fingerprint density at radius 1 is 1.40 bits per heavy atom. The van der Waals surface area contributed by atoms with Gasteiger partial charge in [0.05, 0.1) is 11.3 Å². The van der Waals surface area contributed by atoms with Crippen LogP contribution in [0.4, 0.5) is 5.69 Å². The number of nitrogens with two attached hydrogens (primary N) is 1. The van der Waals surface area contributed by atoms with E-state index in [1.165, 1.54) is 12.1 Å². The molecule has 7 heteroatoms. The van der Waals surface area contributed by atoms with Gasteiger partial charge >= 0.3 is 5.97 Å². The van der Waals surface area contributed by atoms with Crippen LogP contribution in [0.15, 0.2) is 23.1 Å². The van der Waals surface area contributed by atoms with Crippen molar-refractivity contribution in [2.75, 3.05) is 12.3 Å². The molecular weight excluding hydrogens is 280 g/mol. The fraction of sp³-hybridized carbons (Fsp3) is 0.462. The molecule has 0 spiro atoms. The average Bonchev–Trinajstić information content (AvgIpc) is 2.36. The Balaban J connectivity index is 3.02. The maximum atomic E-state index is 12.2. The molecule has 6 nitrogen and oxygen atoms in total. The topological polar surface area (TPSA) is 109 Å². The predicted molar refractivity (Wildman–Crippen MR) is 77.1 cm³/mol. The van der Waals surface area contributed by atoms with Gasteiger partial charge in [0.1, 0.15) is 4.90 Å². The number of nitrogen functional groups attached to an aromatic ring is 1. The molecule has 0 aliphatic rings. The maximum Gasteiger partial charge on any atom is 0.335 e. The van der Waals surface area contributed by atoms with Crippen molar-refractivity contribution in [3.8, 4) is 0 Å². The molecule has 0 saturated carbocycles. The van der Waals surface area contributed by atoms with Crippen molar-refractivity contribution < 1.29 is 18.3 Å². The number of hydrogen-bond acceptors (Lipinski definition) is 4. The number of carboxylic acids is 1. The quantitative estimate of drug-likeness (QED) is 0.692. The van der Waals surface area contributed by atoms with E-state index in [9.17, 15) is 13.2 Å². The molecule has 1 aromatic rings. The smallest absolute Gasteiger partial charge is 0.335 e. The Kier molecular flexibility index (Phi) is 4.77. The number of benzene rings is 1. The van der Waals surface area contributed by atoms with E-state index in [0.717, 1.165) is 12.5 Å². The first-order valence-corrected chi connectivity index (χ1v) is 7.70. The van der Waals surface area contributed by atoms with Crippen LogP contribution in [-0.2, 0) is 10.0 Å². The van der Waals surface area contributed by atoms with E-state index in [0.29, 0.717) is 0 Å². The highest BCUT2D eigenvalue weighted by atomic mass is 32.2. The van der Waals surface area contributed by atoms with Gasteiger partial charge in [-0.1, -0.05) is 20.8 Å². The zero-order chi connectivity index (χ0) is 15.6. The summed E-state index contributed by atoms with van der Waals surface area (Å²) < 4.78 is 26.8. The lowest BCUT2D eigenvalue weighted by Gasteiger charge is -2.23. The van der Waals surface area contributed by atoms with Crippen molar-refractivity contribution in [2.45, 2.75) is 32.1 Å². The maximum absolute atomic E-state index is 12.2. The molecule has 0 aliphatic heterocycles. The molecule has 0 heterocycles. The lowest BCUT2D eigenvalue weighted by Crippen LogP contribution is -2.34. The number of hydrogen-bond donors (Lipinski definition) is 3. The Morgan fingerprint density at radius 2 is 2.00 bits per heavy atom. The fourth-order valence-electron chi connectivity index (χ4n) is 1.42. The Hall–Kier alpha value is -1.60. The third-order valence-corrected chi connectivity index (χ3v) is 4.72. The average molecular weight is 300 g/mol. The lowest BCUT2D eigenvalue weighted by atomic mass is 9.91. The number of anilines is 1. The van der Waals surface area contributed by atoms with Gasteiger partial charge in [-0.2, -0.15) is 0 Å². The van der Waals surface area contributed by atoms with Gasteiger partial charge in [0, 0.05) is 6.54 Å². The SMILES string of the molecule is CCC(C)(C)CNS(=O)(=O)c1ccc(C(=O)O)cc1N. The van der Waals surface area contributed by atoms with Crippen LogP contribution in [-0.4, -0.2) is 26.0 Å². The summed E-state index contributed by atoms with van der Waals surface area (Å²) in [6.07, 6.45) is 0.822. The van der Waals surface area contributed by atoms with E-state index in [2.05, 4.69) is 4.72 Å². The first-order valence-electron chi connectivity index (χ1n) is 6.21. The minimum atomic E-state index is -3.74. The standard InChI is InChI=1S/C13H20N2O4S/c1-4-13(2,3)8-15-20(18,19)11-6-5-9(12(16)17)7-10(11)14/h5-7,15H,4,8,14H2,1-3H3,(H,16,17). The van der Waals surface area contributed by atoms with Crippen LogP contribution in [0.2, 0.25) is 0 Å². The van der Waals surface area contributed by atoms with Gasteiger partial charge in [0.15, 0.2) is 0 Å². The van der Waals surface area contributed by atoms with E-state index in [1.54, 1.807) is 0 Å². The highest BCUT2D eigenvalue weighted by molar-refractivity contribution is 7.89. The van der Waals surface area contributed by atoms with Crippen LogP contribution in [0.3, 0.4) is 0 Å². The number of aromatic carboxylic acids is 1. The van der Waals surface area contributed by atoms with Gasteiger partial charge < -0.3 is 10.8 Å². The first kappa shape index (κ1) is 16.5. The Labute approximate surface area is 119 Å². The van der Waals surface area contributed by atoms with Gasteiger partial charge in [-0.05, 0) is 30.0 Å². The summed E-state index contributed by atoms with van der Waals surface area (Å²) in [6.45, 7) is 6.16. The summed E-state index contributed by atoms with van der Waals surface area (Å²) >= 11 is 0. The third kappa shape index (κ3) is 3.94. The van der Waals surface area contributed by atoms with Crippen LogP contribution in [0, 0.1) is 5.41 Å². The minimum absolute atomic E-state index is 0.0460. The van der Waals surface area contributed by atoms with Crippen molar-refractivity contribution in [1.82, 2.24) is 4.72 Å². The third-order valence-electron chi connectivity index (χ3n) is 3.24. The van der Waals surface area contributed by atoms with E-state index in [1.807, 2.05) is 20.8 Å². The second kappa shape index (κ2) is 5.80. The van der Waals surface area contributed by atoms with Gasteiger partial charge in [0.25, 0.3) is 0 Å². The molecule has 0 aliphatic carbocycles. The van der Waals surface area contributed by atoms with Crippen LogP contribution >= 0.6 is 0 Å². The molecular formula is C13H20N2O4S. The molecule has 1 rings (SSSR count). The number of nitrogens with one attached hydrogen (secondary N) is 1. The lowest BCUT2D eigenvalue weighted by molar-refractivity contribution is 0.0697. The summed E-state index contributed by atoms with van der Waals surface area (Å²) in [4.78, 5) is 10.7. The molecule has 0 fully saturated rings. The largest absolute Gasteiger partial charge is 0.478 e. The first-order chi connectivity index (χ1) is 9.09. The molecule has 0 atom stereocenters. The molecule has 0 aromatic heterocycles. The van der Waals surface area contributed by atoms with Gasteiger partial charge in [-0.3, -0.25) is 0 Å². The molecule has 0 bridgehead atoms. The van der Waals surface area contributed by atoms with Gasteiger partial charge in [0.2, 0.25) is 10.0 Å². The zero-order valence-corrected chi connectivity index (χ0v) is 12.6. The van der Waals surface area contributed by atoms with Crippen molar-refractivity contribution in [2.24, 2.45) is 5.41 Å². The number of sulfonamides is 1. The minimum Gasteiger partial charge on any atom is -0.478 e. The molecule has 1 aromatic carbocycles. The summed E-state index contributed by atoms with van der Waals surface area (Å²) in [7, 11) is -3.74. The Morgan fingerprint density at radius 3 is 2.45 bits per heavy atom. The van der Waals surface area contributed by atoms with E-state index in [-0.39, 0.29) is 28.1 Å². The van der Waals surface area contributed by atoms with Crippen LogP contribution in [0.5, 0.6) is 0 Å². The van der Waals surface area contributed by atoms with Gasteiger partial charge in [-0.25, -0.2) is 17.9 Å². The summed E-state index contributed by atoms with van der Waals surface area (Å²) in [5.74, 6) is -1.15. The van der Waals surface area contributed by atoms with Crippen molar-refractivity contribution in [1.29, 1.82) is 0 Å². The second-order valence-corrected chi connectivity index (χ2v) is 7.14. The highest BCUT2D eigenvalue weighted by Crippen LogP contribution is 2.22. The number of carbonyl (C=O) groups is 1. The summed E-state index contributed by atoms with van der Waals surface area (Å²) in [5.41, 5.74) is 5.35. The van der Waals surface area contributed by atoms with Crippen LogP contribution < -0.4 is 10.5 Å². The predicted octanol–water partition coefficient (Wildman–Crippen LogP) is 1.68. The molecule has 0 amide bonds. The molecule has 0 unspecified atom stereocenters.